The molecular formula is C12H17FN2O2. The number of pyridine rings is 1. The molecule has 0 saturated carbocycles. The summed E-state index contributed by atoms with van der Waals surface area (Å²) >= 11 is 0. The van der Waals surface area contributed by atoms with Gasteiger partial charge in [-0.25, -0.2) is 4.98 Å². The monoisotopic (exact) mass is 240 g/mol. The van der Waals surface area contributed by atoms with E-state index in [1.54, 1.807) is 0 Å². The molecule has 0 bridgehead atoms. The first-order valence-corrected chi connectivity index (χ1v) is 5.57. The van der Waals surface area contributed by atoms with Crippen LogP contribution in [0.3, 0.4) is 0 Å². The van der Waals surface area contributed by atoms with Crippen molar-refractivity contribution in [2.75, 3.05) is 6.61 Å². The van der Waals surface area contributed by atoms with Gasteiger partial charge < -0.3 is 10.4 Å². The maximum absolute atomic E-state index is 12.8. The van der Waals surface area contributed by atoms with E-state index in [0.29, 0.717) is 12.3 Å². The number of nitrogens with one attached hydrogen (secondary N) is 1. The van der Waals surface area contributed by atoms with Gasteiger partial charge in [-0.05, 0) is 24.5 Å². The van der Waals surface area contributed by atoms with E-state index >= 15 is 0 Å². The Hall–Kier alpha value is -1.49. The quantitative estimate of drug-likeness (QED) is 0.764. The van der Waals surface area contributed by atoms with E-state index in [4.69, 9.17) is 5.11 Å². The fraction of sp³-hybridized carbons (Fsp3) is 0.500. The minimum atomic E-state index is -0.693. The molecule has 0 saturated heterocycles. The number of hydrogen-bond acceptors (Lipinski definition) is 3. The molecule has 1 rings (SSSR count). The highest BCUT2D eigenvalue weighted by Crippen LogP contribution is 2.05. The average Bonchev–Trinajstić information content (AvgIpc) is 2.27. The van der Waals surface area contributed by atoms with Crippen LogP contribution in [-0.4, -0.2) is 28.6 Å². The largest absolute Gasteiger partial charge is 0.394 e. The summed E-state index contributed by atoms with van der Waals surface area (Å²) in [6.07, 6.45) is 0.664. The van der Waals surface area contributed by atoms with Crippen LogP contribution in [-0.2, 0) is 0 Å². The smallest absolute Gasteiger partial charge is 0.270 e. The predicted octanol–water partition coefficient (Wildman–Crippen LogP) is 1.36. The summed E-state index contributed by atoms with van der Waals surface area (Å²) in [5.41, 5.74) is 0.0206. The molecule has 1 aromatic heterocycles. The standard InChI is InChI=1S/C12H17FN2O2/c1-8(2)6-9(7-16)14-12(17)10-4-3-5-11(13)15-10/h3-5,8-9,16H,6-7H2,1-2H3,(H,14,17). The number of rotatable bonds is 5. The topological polar surface area (TPSA) is 62.2 Å². The van der Waals surface area contributed by atoms with Crippen molar-refractivity contribution in [1.82, 2.24) is 10.3 Å². The Morgan fingerprint density at radius 3 is 2.76 bits per heavy atom. The molecular weight excluding hydrogens is 223 g/mol. The van der Waals surface area contributed by atoms with Crippen molar-refractivity contribution in [2.45, 2.75) is 26.3 Å². The summed E-state index contributed by atoms with van der Waals surface area (Å²) in [6.45, 7) is 3.85. The van der Waals surface area contributed by atoms with Gasteiger partial charge in [0.2, 0.25) is 5.95 Å². The lowest BCUT2D eigenvalue weighted by atomic mass is 10.0. The predicted molar refractivity (Wildman–Crippen MR) is 62.0 cm³/mol. The van der Waals surface area contributed by atoms with Crippen LogP contribution < -0.4 is 5.32 Å². The summed E-state index contributed by atoms with van der Waals surface area (Å²) in [6, 6.07) is 3.71. The number of amides is 1. The van der Waals surface area contributed by atoms with Crippen molar-refractivity contribution in [2.24, 2.45) is 5.92 Å². The first-order valence-electron chi connectivity index (χ1n) is 5.57. The first kappa shape index (κ1) is 13.6. The maximum atomic E-state index is 12.8. The number of aromatic nitrogens is 1. The molecule has 0 spiro atoms. The maximum Gasteiger partial charge on any atom is 0.270 e. The lowest BCUT2D eigenvalue weighted by molar-refractivity contribution is 0.0902. The van der Waals surface area contributed by atoms with E-state index in [0.717, 1.165) is 0 Å². The van der Waals surface area contributed by atoms with E-state index in [1.165, 1.54) is 18.2 Å². The van der Waals surface area contributed by atoms with Gasteiger partial charge in [0.25, 0.3) is 5.91 Å². The number of halogens is 1. The third-order valence-electron chi connectivity index (χ3n) is 2.26. The second kappa shape index (κ2) is 6.30. The number of hydrogen-bond donors (Lipinski definition) is 2. The number of carbonyl (C=O) groups is 1. The van der Waals surface area contributed by atoms with Crippen LogP contribution in [0.15, 0.2) is 18.2 Å². The minimum Gasteiger partial charge on any atom is -0.394 e. The lowest BCUT2D eigenvalue weighted by Gasteiger charge is -2.17. The Balaban J connectivity index is 2.64. The highest BCUT2D eigenvalue weighted by molar-refractivity contribution is 5.92. The number of aliphatic hydroxyl groups excluding tert-OH is 1. The molecule has 0 fully saturated rings. The van der Waals surface area contributed by atoms with Crippen LogP contribution >= 0.6 is 0 Å². The van der Waals surface area contributed by atoms with Crippen LogP contribution in [0.4, 0.5) is 4.39 Å². The molecule has 1 atom stereocenters. The number of nitrogens with zero attached hydrogens (tertiary/aromatic N) is 1. The molecule has 0 aliphatic carbocycles. The molecule has 1 amide bonds. The molecule has 1 unspecified atom stereocenters. The number of aliphatic hydroxyl groups is 1. The molecule has 1 heterocycles. The molecule has 1 aromatic rings. The lowest BCUT2D eigenvalue weighted by Crippen LogP contribution is -2.38. The van der Waals surface area contributed by atoms with Gasteiger partial charge in [-0.3, -0.25) is 4.79 Å². The highest BCUT2D eigenvalue weighted by atomic mass is 19.1. The van der Waals surface area contributed by atoms with E-state index in [1.807, 2.05) is 13.8 Å². The van der Waals surface area contributed by atoms with E-state index in [9.17, 15) is 9.18 Å². The van der Waals surface area contributed by atoms with Crippen molar-refractivity contribution in [3.63, 3.8) is 0 Å². The minimum absolute atomic E-state index is 0.0206. The third kappa shape index (κ3) is 4.48. The Kier molecular flexibility index (Phi) is 5.03. The van der Waals surface area contributed by atoms with E-state index < -0.39 is 11.9 Å². The Labute approximate surface area is 99.9 Å². The summed E-state index contributed by atoms with van der Waals surface area (Å²) < 4.78 is 12.8. The fourth-order valence-corrected chi connectivity index (χ4v) is 1.54. The van der Waals surface area contributed by atoms with Gasteiger partial charge in [0.1, 0.15) is 5.69 Å². The molecule has 0 aliphatic heterocycles. The average molecular weight is 240 g/mol. The van der Waals surface area contributed by atoms with Crippen molar-refractivity contribution < 1.29 is 14.3 Å². The van der Waals surface area contributed by atoms with E-state index in [2.05, 4.69) is 10.3 Å². The molecule has 0 aliphatic rings. The summed E-state index contributed by atoms with van der Waals surface area (Å²) in [7, 11) is 0. The van der Waals surface area contributed by atoms with Crippen molar-refractivity contribution in [3.8, 4) is 0 Å². The van der Waals surface area contributed by atoms with Crippen LogP contribution in [0.5, 0.6) is 0 Å². The van der Waals surface area contributed by atoms with Gasteiger partial charge in [-0.15, -0.1) is 0 Å². The van der Waals surface area contributed by atoms with Gasteiger partial charge in [-0.2, -0.15) is 4.39 Å². The molecule has 17 heavy (non-hydrogen) atoms. The highest BCUT2D eigenvalue weighted by Gasteiger charge is 2.15. The fourth-order valence-electron chi connectivity index (χ4n) is 1.54. The first-order chi connectivity index (χ1) is 8.02. The van der Waals surface area contributed by atoms with Gasteiger partial charge in [-0.1, -0.05) is 19.9 Å². The van der Waals surface area contributed by atoms with Crippen LogP contribution in [0, 0.1) is 11.9 Å². The molecule has 94 valence electrons. The normalized spacial score (nSPS) is 12.5. The summed E-state index contributed by atoms with van der Waals surface area (Å²) in [5.74, 6) is -0.806. The Bertz CT molecular complexity index is 383. The van der Waals surface area contributed by atoms with E-state index in [-0.39, 0.29) is 18.3 Å². The number of carbonyl (C=O) groups excluding carboxylic acids is 1. The van der Waals surface area contributed by atoms with Crippen molar-refractivity contribution >= 4 is 5.91 Å². The Morgan fingerprint density at radius 1 is 1.53 bits per heavy atom. The Morgan fingerprint density at radius 2 is 2.24 bits per heavy atom. The third-order valence-corrected chi connectivity index (χ3v) is 2.26. The van der Waals surface area contributed by atoms with Crippen LogP contribution in [0.25, 0.3) is 0 Å². The SMILES string of the molecule is CC(C)CC(CO)NC(=O)c1cccc(F)n1. The van der Waals surface area contributed by atoms with Gasteiger partial charge in [0.15, 0.2) is 0 Å². The van der Waals surface area contributed by atoms with Crippen LogP contribution in [0.1, 0.15) is 30.8 Å². The summed E-state index contributed by atoms with van der Waals surface area (Å²) in [4.78, 5) is 15.2. The zero-order chi connectivity index (χ0) is 12.8. The van der Waals surface area contributed by atoms with Crippen LogP contribution in [0.2, 0.25) is 0 Å². The zero-order valence-electron chi connectivity index (χ0n) is 9.98. The second-order valence-electron chi connectivity index (χ2n) is 4.33. The molecule has 0 aromatic carbocycles. The summed E-state index contributed by atoms with van der Waals surface area (Å²) in [5, 5.41) is 11.7. The van der Waals surface area contributed by atoms with Crippen molar-refractivity contribution in [3.05, 3.63) is 29.8 Å². The molecule has 0 radical (unpaired) electrons. The second-order valence-corrected chi connectivity index (χ2v) is 4.33. The van der Waals surface area contributed by atoms with Gasteiger partial charge >= 0.3 is 0 Å². The van der Waals surface area contributed by atoms with Crippen molar-refractivity contribution in [1.29, 1.82) is 0 Å². The van der Waals surface area contributed by atoms with Gasteiger partial charge in [0, 0.05) is 0 Å². The molecule has 5 heteroatoms. The zero-order valence-corrected chi connectivity index (χ0v) is 9.98. The molecule has 4 nitrogen and oxygen atoms in total. The van der Waals surface area contributed by atoms with Gasteiger partial charge in [0.05, 0.1) is 12.6 Å². The molecule has 2 N–H and O–H groups in total.